The molecule has 0 saturated heterocycles. The Labute approximate surface area is 99.2 Å². The van der Waals surface area contributed by atoms with Crippen molar-refractivity contribution in [2.75, 3.05) is 6.61 Å². The Morgan fingerprint density at radius 1 is 1.56 bits per heavy atom. The van der Waals surface area contributed by atoms with Gasteiger partial charge in [0.15, 0.2) is 0 Å². The highest BCUT2D eigenvalue weighted by Crippen LogP contribution is 2.13. The maximum Gasteiger partial charge on any atom is 0.333 e. The molecule has 0 aliphatic carbocycles. The molecule has 2 N–H and O–H groups in total. The van der Waals surface area contributed by atoms with E-state index in [1.165, 1.54) is 0 Å². The maximum absolute atomic E-state index is 10.4. The van der Waals surface area contributed by atoms with Crippen molar-refractivity contribution >= 4 is 21.6 Å². The van der Waals surface area contributed by atoms with Crippen molar-refractivity contribution < 1.29 is 12.6 Å². The molecule has 1 heterocycles. The Balaban J connectivity index is 2.31. The van der Waals surface area contributed by atoms with E-state index < -0.39 is 10.3 Å². The fourth-order valence-corrected chi connectivity index (χ4v) is 2.11. The first-order valence-electron chi connectivity index (χ1n) is 4.77. The predicted octanol–water partition coefficient (Wildman–Crippen LogP) is 1.02. The van der Waals surface area contributed by atoms with Crippen LogP contribution in [0.1, 0.15) is 16.8 Å². The minimum atomic E-state index is -3.83. The van der Waals surface area contributed by atoms with Crippen LogP contribution in [0.5, 0.6) is 0 Å². The summed E-state index contributed by atoms with van der Waals surface area (Å²) in [5.41, 5.74) is 0. The molecule has 90 valence electrons. The maximum atomic E-state index is 10.4. The lowest BCUT2D eigenvalue weighted by Crippen LogP contribution is -2.15. The van der Waals surface area contributed by atoms with Crippen molar-refractivity contribution in [2.45, 2.75) is 19.8 Å². The molecule has 16 heavy (non-hydrogen) atoms. The Bertz CT molecular complexity index is 451. The second-order valence-corrected chi connectivity index (χ2v) is 5.45. The topological polar surface area (TPSA) is 82.3 Å². The number of hydrogen-bond acceptors (Lipinski definition) is 5. The molecule has 0 spiro atoms. The Kier molecular flexibility index (Phi) is 5.07. The van der Waals surface area contributed by atoms with Gasteiger partial charge in [0.2, 0.25) is 0 Å². The SMILES string of the molecule is CCc1ncc(CC=CCOS(N)(=O)=O)s1. The molecule has 7 heteroatoms. The third-order valence-corrected chi connectivity index (χ3v) is 3.35. The average Bonchev–Trinajstić information content (AvgIpc) is 2.63. The average molecular weight is 262 g/mol. The van der Waals surface area contributed by atoms with Gasteiger partial charge >= 0.3 is 10.3 Å². The normalized spacial score (nSPS) is 12.4. The molecule has 0 bridgehead atoms. The molecule has 0 aliphatic heterocycles. The standard InChI is InChI=1S/C9H14N2O3S2/c1-2-9-11-7-8(15-9)5-3-4-6-14-16(10,12)13/h3-4,7H,2,5-6H2,1H3,(H2,10,12,13). The number of thiazole rings is 1. The summed E-state index contributed by atoms with van der Waals surface area (Å²) in [6.07, 6.45) is 6.94. The molecule has 1 aromatic rings. The number of nitrogens with zero attached hydrogens (tertiary/aromatic N) is 1. The van der Waals surface area contributed by atoms with Gasteiger partial charge in [0, 0.05) is 17.5 Å². The highest BCUT2D eigenvalue weighted by molar-refractivity contribution is 7.84. The smallest absolute Gasteiger partial charge is 0.254 e. The zero-order chi connectivity index (χ0) is 12.0. The fraction of sp³-hybridized carbons (Fsp3) is 0.444. The lowest BCUT2D eigenvalue weighted by Gasteiger charge is -1.94. The van der Waals surface area contributed by atoms with Gasteiger partial charge in [0.25, 0.3) is 0 Å². The molecule has 0 aliphatic rings. The van der Waals surface area contributed by atoms with Crippen molar-refractivity contribution in [2.24, 2.45) is 5.14 Å². The van der Waals surface area contributed by atoms with E-state index in [1.54, 1.807) is 17.4 Å². The molecule has 0 saturated carbocycles. The highest BCUT2D eigenvalue weighted by atomic mass is 32.2. The number of aromatic nitrogens is 1. The first-order valence-corrected chi connectivity index (χ1v) is 7.06. The number of aryl methyl sites for hydroxylation is 1. The first-order chi connectivity index (χ1) is 7.51. The molecule has 0 fully saturated rings. The number of rotatable bonds is 6. The van der Waals surface area contributed by atoms with E-state index in [1.807, 2.05) is 12.3 Å². The molecular formula is C9H14N2O3S2. The molecule has 1 rings (SSSR count). The predicted molar refractivity (Wildman–Crippen MR) is 63.4 cm³/mol. The van der Waals surface area contributed by atoms with Gasteiger partial charge < -0.3 is 0 Å². The van der Waals surface area contributed by atoms with E-state index in [9.17, 15) is 8.42 Å². The van der Waals surface area contributed by atoms with Crippen LogP contribution in [0.25, 0.3) is 0 Å². The van der Waals surface area contributed by atoms with Crippen LogP contribution in [-0.2, 0) is 27.3 Å². The molecule has 0 atom stereocenters. The summed E-state index contributed by atoms with van der Waals surface area (Å²) in [6.45, 7) is 2.02. The van der Waals surface area contributed by atoms with Crippen LogP contribution in [0.4, 0.5) is 0 Å². The van der Waals surface area contributed by atoms with E-state index in [4.69, 9.17) is 0 Å². The highest BCUT2D eigenvalue weighted by Gasteiger charge is 1.99. The molecule has 0 radical (unpaired) electrons. The summed E-state index contributed by atoms with van der Waals surface area (Å²) in [5, 5.41) is 5.76. The quantitative estimate of drug-likeness (QED) is 0.776. The molecule has 0 aromatic carbocycles. The van der Waals surface area contributed by atoms with Crippen molar-refractivity contribution in [3.63, 3.8) is 0 Å². The van der Waals surface area contributed by atoms with Crippen LogP contribution in [0.15, 0.2) is 18.3 Å². The number of hydrogen-bond donors (Lipinski definition) is 1. The number of allylic oxidation sites excluding steroid dienone is 1. The van der Waals surface area contributed by atoms with E-state index in [0.29, 0.717) is 0 Å². The molecule has 1 aromatic heterocycles. The Morgan fingerprint density at radius 2 is 2.31 bits per heavy atom. The van der Waals surface area contributed by atoms with Crippen LogP contribution in [0, 0.1) is 0 Å². The molecule has 5 nitrogen and oxygen atoms in total. The largest absolute Gasteiger partial charge is 0.333 e. The summed E-state index contributed by atoms with van der Waals surface area (Å²) in [7, 11) is -3.83. The summed E-state index contributed by atoms with van der Waals surface area (Å²) < 4.78 is 25.2. The van der Waals surface area contributed by atoms with Crippen molar-refractivity contribution in [3.05, 3.63) is 28.2 Å². The third kappa shape index (κ3) is 5.36. The van der Waals surface area contributed by atoms with Gasteiger partial charge in [0.1, 0.15) is 0 Å². The van der Waals surface area contributed by atoms with Gasteiger partial charge in [-0.2, -0.15) is 8.42 Å². The zero-order valence-corrected chi connectivity index (χ0v) is 10.6. The lowest BCUT2D eigenvalue weighted by molar-refractivity contribution is 0.357. The van der Waals surface area contributed by atoms with Crippen LogP contribution >= 0.6 is 11.3 Å². The summed E-state index contributed by atoms with van der Waals surface area (Å²) in [6, 6.07) is 0. The molecule has 0 unspecified atom stereocenters. The second-order valence-electron chi connectivity index (χ2n) is 3.03. The van der Waals surface area contributed by atoms with Crippen LogP contribution < -0.4 is 5.14 Å². The van der Waals surface area contributed by atoms with Gasteiger partial charge in [-0.25, -0.2) is 10.1 Å². The second kappa shape index (κ2) is 6.09. The summed E-state index contributed by atoms with van der Waals surface area (Å²) >= 11 is 1.65. The lowest BCUT2D eigenvalue weighted by atomic mass is 10.3. The van der Waals surface area contributed by atoms with Gasteiger partial charge in [-0.1, -0.05) is 19.1 Å². The third-order valence-electron chi connectivity index (χ3n) is 1.72. The molecular weight excluding hydrogens is 248 g/mol. The Hall–Kier alpha value is -0.760. The van der Waals surface area contributed by atoms with Gasteiger partial charge in [-0.05, 0) is 6.42 Å². The van der Waals surface area contributed by atoms with E-state index in [-0.39, 0.29) is 6.61 Å². The zero-order valence-electron chi connectivity index (χ0n) is 8.92. The summed E-state index contributed by atoms with van der Waals surface area (Å²) in [4.78, 5) is 5.35. The van der Waals surface area contributed by atoms with Crippen molar-refractivity contribution in [1.82, 2.24) is 4.98 Å². The van der Waals surface area contributed by atoms with Gasteiger partial charge in [-0.15, -0.1) is 11.3 Å². The van der Waals surface area contributed by atoms with Crippen molar-refractivity contribution in [1.29, 1.82) is 0 Å². The van der Waals surface area contributed by atoms with E-state index in [2.05, 4.69) is 21.2 Å². The van der Waals surface area contributed by atoms with E-state index >= 15 is 0 Å². The summed E-state index contributed by atoms with van der Waals surface area (Å²) in [5.74, 6) is 0. The fourth-order valence-electron chi connectivity index (χ4n) is 1.01. The van der Waals surface area contributed by atoms with Crippen LogP contribution in [0.2, 0.25) is 0 Å². The van der Waals surface area contributed by atoms with Crippen LogP contribution in [-0.4, -0.2) is 20.0 Å². The Morgan fingerprint density at radius 3 is 2.88 bits per heavy atom. The minimum Gasteiger partial charge on any atom is -0.254 e. The van der Waals surface area contributed by atoms with Crippen LogP contribution in [0.3, 0.4) is 0 Å². The monoisotopic (exact) mass is 262 g/mol. The molecule has 0 amide bonds. The number of nitrogens with two attached hydrogens (primary N) is 1. The van der Waals surface area contributed by atoms with Gasteiger partial charge in [-0.3, -0.25) is 4.18 Å². The minimum absolute atomic E-state index is 0.0295. The first kappa shape index (κ1) is 13.3. The van der Waals surface area contributed by atoms with Crippen molar-refractivity contribution in [3.8, 4) is 0 Å². The van der Waals surface area contributed by atoms with E-state index in [0.717, 1.165) is 22.7 Å². The van der Waals surface area contributed by atoms with Gasteiger partial charge in [0.05, 0.1) is 11.6 Å².